The Balaban J connectivity index is 1.99. The fourth-order valence-corrected chi connectivity index (χ4v) is 4.02. The van der Waals surface area contributed by atoms with Gasteiger partial charge in [-0.25, -0.2) is 9.97 Å². The van der Waals surface area contributed by atoms with Crippen molar-refractivity contribution in [3.63, 3.8) is 0 Å². The van der Waals surface area contributed by atoms with Crippen molar-refractivity contribution < 1.29 is 0 Å². The van der Waals surface area contributed by atoms with Gasteiger partial charge in [-0.15, -0.1) is 11.3 Å². The third kappa shape index (κ3) is 2.73. The zero-order valence-electron chi connectivity index (χ0n) is 12.0. The standard InChI is InChI=1S/C15H15N3OS2/c1-8-9(2)21-15-12(8)14(19)17-13(18-15)10(3)20-11-6-4-5-7-16-11/h4-7,10H,1-3H3,(H,17,18,19)/t10-/m0/s1. The molecule has 4 nitrogen and oxygen atoms in total. The highest BCUT2D eigenvalue weighted by Gasteiger charge is 2.16. The van der Waals surface area contributed by atoms with Crippen molar-refractivity contribution in [3.05, 3.63) is 51.0 Å². The Labute approximate surface area is 130 Å². The minimum atomic E-state index is -0.0506. The summed E-state index contributed by atoms with van der Waals surface area (Å²) < 4.78 is 0. The van der Waals surface area contributed by atoms with Gasteiger partial charge in [-0.3, -0.25) is 4.79 Å². The maximum absolute atomic E-state index is 12.3. The number of thioether (sulfide) groups is 1. The van der Waals surface area contributed by atoms with Gasteiger partial charge < -0.3 is 4.98 Å². The fourth-order valence-electron chi connectivity index (χ4n) is 2.12. The van der Waals surface area contributed by atoms with E-state index in [-0.39, 0.29) is 10.8 Å². The molecule has 21 heavy (non-hydrogen) atoms. The van der Waals surface area contributed by atoms with Crippen LogP contribution in [-0.4, -0.2) is 15.0 Å². The van der Waals surface area contributed by atoms with E-state index in [2.05, 4.69) is 15.0 Å². The van der Waals surface area contributed by atoms with E-state index in [4.69, 9.17) is 0 Å². The molecule has 0 bridgehead atoms. The molecule has 0 spiro atoms. The number of H-pyrrole nitrogens is 1. The van der Waals surface area contributed by atoms with Crippen molar-refractivity contribution in [1.82, 2.24) is 15.0 Å². The Morgan fingerprint density at radius 3 is 2.86 bits per heavy atom. The third-order valence-electron chi connectivity index (χ3n) is 3.38. The van der Waals surface area contributed by atoms with Gasteiger partial charge in [-0.1, -0.05) is 17.8 Å². The lowest BCUT2D eigenvalue weighted by atomic mass is 10.2. The average molecular weight is 317 g/mol. The first-order valence-electron chi connectivity index (χ1n) is 6.64. The van der Waals surface area contributed by atoms with Gasteiger partial charge in [0.1, 0.15) is 10.7 Å². The summed E-state index contributed by atoms with van der Waals surface area (Å²) in [5, 5.41) is 1.68. The van der Waals surface area contributed by atoms with Crippen LogP contribution in [0.1, 0.15) is 28.4 Å². The van der Waals surface area contributed by atoms with Gasteiger partial charge in [0.05, 0.1) is 15.7 Å². The monoisotopic (exact) mass is 317 g/mol. The molecule has 1 N–H and O–H groups in total. The van der Waals surface area contributed by atoms with Crippen LogP contribution in [0.3, 0.4) is 0 Å². The predicted molar refractivity (Wildman–Crippen MR) is 88.2 cm³/mol. The summed E-state index contributed by atoms with van der Waals surface area (Å²) in [5.74, 6) is 0.699. The third-order valence-corrected chi connectivity index (χ3v) is 5.54. The van der Waals surface area contributed by atoms with Crippen LogP contribution in [-0.2, 0) is 0 Å². The molecule has 0 amide bonds. The summed E-state index contributed by atoms with van der Waals surface area (Å²) in [6.45, 7) is 6.01. The van der Waals surface area contributed by atoms with Crippen LogP contribution in [0.5, 0.6) is 0 Å². The lowest BCUT2D eigenvalue weighted by molar-refractivity contribution is 0.920. The van der Waals surface area contributed by atoms with Gasteiger partial charge in [0, 0.05) is 11.1 Å². The Kier molecular flexibility index (Phi) is 3.82. The van der Waals surface area contributed by atoms with E-state index in [1.807, 2.05) is 39.0 Å². The Bertz CT molecular complexity index is 839. The van der Waals surface area contributed by atoms with Gasteiger partial charge >= 0.3 is 0 Å². The van der Waals surface area contributed by atoms with E-state index in [0.717, 1.165) is 25.7 Å². The molecule has 3 heterocycles. The molecule has 3 aromatic rings. The fraction of sp³-hybridized carbons (Fsp3) is 0.267. The topological polar surface area (TPSA) is 58.6 Å². The second-order valence-corrected chi connectivity index (χ2v) is 7.41. The van der Waals surface area contributed by atoms with Crippen LogP contribution < -0.4 is 5.56 Å². The van der Waals surface area contributed by atoms with E-state index < -0.39 is 0 Å². The molecule has 0 aromatic carbocycles. The van der Waals surface area contributed by atoms with E-state index >= 15 is 0 Å². The number of hydrogen-bond acceptors (Lipinski definition) is 5. The number of aromatic nitrogens is 3. The van der Waals surface area contributed by atoms with Gasteiger partial charge in [0.25, 0.3) is 5.56 Å². The number of aryl methyl sites for hydroxylation is 2. The largest absolute Gasteiger partial charge is 0.309 e. The molecular weight excluding hydrogens is 302 g/mol. The number of hydrogen-bond donors (Lipinski definition) is 1. The molecule has 0 unspecified atom stereocenters. The predicted octanol–water partition coefficient (Wildman–Crippen LogP) is 3.85. The molecular formula is C15H15N3OS2. The Hall–Kier alpha value is -1.66. The maximum Gasteiger partial charge on any atom is 0.259 e. The summed E-state index contributed by atoms with van der Waals surface area (Å²) in [5.41, 5.74) is 0.977. The molecule has 0 radical (unpaired) electrons. The Morgan fingerprint density at radius 1 is 1.33 bits per heavy atom. The SMILES string of the molecule is Cc1sc2nc([C@H](C)Sc3ccccn3)[nH]c(=O)c2c1C. The van der Waals surface area contributed by atoms with E-state index in [0.29, 0.717) is 5.82 Å². The van der Waals surface area contributed by atoms with E-state index in [1.165, 1.54) is 0 Å². The molecule has 0 aliphatic rings. The number of nitrogens with one attached hydrogen (secondary N) is 1. The molecule has 1 atom stereocenters. The number of aromatic amines is 1. The quantitative estimate of drug-likeness (QED) is 0.745. The van der Waals surface area contributed by atoms with Crippen LogP contribution in [0.4, 0.5) is 0 Å². The zero-order valence-corrected chi connectivity index (χ0v) is 13.6. The van der Waals surface area contributed by atoms with Crippen molar-refractivity contribution in [2.75, 3.05) is 0 Å². The lowest BCUT2D eigenvalue weighted by Crippen LogP contribution is -2.12. The summed E-state index contributed by atoms with van der Waals surface area (Å²) in [7, 11) is 0. The smallest absolute Gasteiger partial charge is 0.259 e. The van der Waals surface area contributed by atoms with Gasteiger partial charge in [0.2, 0.25) is 0 Å². The number of fused-ring (bicyclic) bond motifs is 1. The first kappa shape index (κ1) is 14.3. The lowest BCUT2D eigenvalue weighted by Gasteiger charge is -2.09. The first-order chi connectivity index (χ1) is 10.1. The van der Waals surface area contributed by atoms with Crippen molar-refractivity contribution in [2.45, 2.75) is 31.0 Å². The molecule has 0 aliphatic carbocycles. The summed E-state index contributed by atoms with van der Waals surface area (Å²) in [4.78, 5) is 26.1. The normalized spacial score (nSPS) is 12.7. The van der Waals surface area contributed by atoms with E-state index in [1.54, 1.807) is 29.3 Å². The highest BCUT2D eigenvalue weighted by atomic mass is 32.2. The molecule has 0 saturated carbocycles. The van der Waals surface area contributed by atoms with Crippen LogP contribution >= 0.6 is 23.1 Å². The first-order valence-corrected chi connectivity index (χ1v) is 8.33. The molecule has 3 aromatic heterocycles. The maximum atomic E-state index is 12.3. The van der Waals surface area contributed by atoms with Crippen molar-refractivity contribution in [1.29, 1.82) is 0 Å². The van der Waals surface area contributed by atoms with Crippen LogP contribution in [0.25, 0.3) is 10.2 Å². The molecule has 0 aliphatic heterocycles. The second kappa shape index (κ2) is 5.61. The average Bonchev–Trinajstić information content (AvgIpc) is 2.75. The number of thiophene rings is 1. The van der Waals surface area contributed by atoms with Crippen LogP contribution in [0, 0.1) is 13.8 Å². The Morgan fingerprint density at radius 2 is 2.14 bits per heavy atom. The van der Waals surface area contributed by atoms with Crippen LogP contribution in [0.2, 0.25) is 0 Å². The second-order valence-electron chi connectivity index (χ2n) is 4.84. The number of rotatable bonds is 3. The van der Waals surface area contributed by atoms with Crippen molar-refractivity contribution in [2.24, 2.45) is 0 Å². The minimum absolute atomic E-state index is 0.0414. The van der Waals surface area contributed by atoms with Crippen molar-refractivity contribution >= 4 is 33.3 Å². The molecule has 6 heteroatoms. The van der Waals surface area contributed by atoms with E-state index in [9.17, 15) is 4.79 Å². The zero-order chi connectivity index (χ0) is 15.0. The highest BCUT2D eigenvalue weighted by molar-refractivity contribution is 7.99. The highest BCUT2D eigenvalue weighted by Crippen LogP contribution is 2.33. The summed E-state index contributed by atoms with van der Waals surface area (Å²) in [6, 6.07) is 5.79. The van der Waals surface area contributed by atoms with Crippen molar-refractivity contribution in [3.8, 4) is 0 Å². The minimum Gasteiger partial charge on any atom is -0.309 e. The number of nitrogens with zero attached hydrogens (tertiary/aromatic N) is 2. The number of pyridine rings is 1. The van der Waals surface area contributed by atoms with Gasteiger partial charge in [0.15, 0.2) is 0 Å². The molecule has 108 valence electrons. The summed E-state index contributed by atoms with van der Waals surface area (Å²) >= 11 is 3.16. The van der Waals surface area contributed by atoms with Crippen LogP contribution in [0.15, 0.2) is 34.2 Å². The molecule has 3 rings (SSSR count). The van der Waals surface area contributed by atoms with Gasteiger partial charge in [-0.05, 0) is 38.5 Å². The molecule has 0 saturated heterocycles. The summed E-state index contributed by atoms with van der Waals surface area (Å²) in [6.07, 6.45) is 1.76. The molecule has 0 fully saturated rings. The van der Waals surface area contributed by atoms with Gasteiger partial charge in [-0.2, -0.15) is 0 Å².